The SMILES string of the molecule is C=C(c1cccc(C=O)c1)c1ccc2cc(F)ccc2n1. The third kappa shape index (κ3) is 2.58. The normalized spacial score (nSPS) is 10.5. The van der Waals surface area contributed by atoms with Gasteiger partial charge in [0.25, 0.3) is 0 Å². The van der Waals surface area contributed by atoms with Crippen molar-refractivity contribution in [3.8, 4) is 0 Å². The van der Waals surface area contributed by atoms with E-state index in [1.54, 1.807) is 30.3 Å². The highest BCUT2D eigenvalue weighted by molar-refractivity contribution is 5.85. The molecular weight excluding hydrogens is 265 g/mol. The van der Waals surface area contributed by atoms with Crippen LogP contribution in [0.25, 0.3) is 16.5 Å². The Labute approximate surface area is 121 Å². The number of hydrogen-bond donors (Lipinski definition) is 0. The summed E-state index contributed by atoms with van der Waals surface area (Å²) in [5.41, 5.74) is 3.58. The minimum Gasteiger partial charge on any atom is -0.298 e. The number of carbonyl (C=O) groups is 1. The van der Waals surface area contributed by atoms with E-state index in [1.807, 2.05) is 12.1 Å². The summed E-state index contributed by atoms with van der Waals surface area (Å²) in [6.45, 7) is 4.04. The van der Waals surface area contributed by atoms with E-state index < -0.39 is 0 Å². The van der Waals surface area contributed by atoms with Gasteiger partial charge in [0.2, 0.25) is 0 Å². The Hall–Kier alpha value is -2.81. The van der Waals surface area contributed by atoms with Gasteiger partial charge in [-0.1, -0.05) is 30.8 Å². The van der Waals surface area contributed by atoms with E-state index in [0.29, 0.717) is 16.8 Å². The van der Waals surface area contributed by atoms with Crippen LogP contribution >= 0.6 is 0 Å². The maximum Gasteiger partial charge on any atom is 0.150 e. The van der Waals surface area contributed by atoms with E-state index in [0.717, 1.165) is 22.8 Å². The third-order valence-corrected chi connectivity index (χ3v) is 3.33. The van der Waals surface area contributed by atoms with E-state index in [2.05, 4.69) is 11.6 Å². The fourth-order valence-corrected chi connectivity index (χ4v) is 2.21. The quantitative estimate of drug-likeness (QED) is 0.670. The highest BCUT2D eigenvalue weighted by Crippen LogP contribution is 2.23. The highest BCUT2D eigenvalue weighted by Gasteiger charge is 2.06. The Bertz CT molecular complexity index is 855. The number of benzene rings is 2. The zero-order valence-corrected chi connectivity index (χ0v) is 11.2. The number of fused-ring (bicyclic) bond motifs is 1. The first-order valence-electron chi connectivity index (χ1n) is 6.48. The molecule has 0 saturated heterocycles. The molecule has 21 heavy (non-hydrogen) atoms. The fraction of sp³-hybridized carbons (Fsp3) is 0. The summed E-state index contributed by atoms with van der Waals surface area (Å²) in [6.07, 6.45) is 0.799. The van der Waals surface area contributed by atoms with Gasteiger partial charge >= 0.3 is 0 Å². The Morgan fingerprint density at radius 3 is 2.76 bits per heavy atom. The van der Waals surface area contributed by atoms with Crippen molar-refractivity contribution in [3.63, 3.8) is 0 Å². The molecule has 0 spiro atoms. The van der Waals surface area contributed by atoms with Gasteiger partial charge in [-0.25, -0.2) is 9.37 Å². The largest absolute Gasteiger partial charge is 0.298 e. The van der Waals surface area contributed by atoms with Crippen LogP contribution in [0.1, 0.15) is 21.6 Å². The van der Waals surface area contributed by atoms with E-state index in [-0.39, 0.29) is 5.82 Å². The molecule has 0 aliphatic heterocycles. The smallest absolute Gasteiger partial charge is 0.150 e. The van der Waals surface area contributed by atoms with E-state index in [1.165, 1.54) is 12.1 Å². The van der Waals surface area contributed by atoms with Crippen LogP contribution in [0.15, 0.2) is 61.2 Å². The zero-order valence-electron chi connectivity index (χ0n) is 11.2. The summed E-state index contributed by atoms with van der Waals surface area (Å²) in [5, 5.41) is 0.744. The van der Waals surface area contributed by atoms with Crippen LogP contribution < -0.4 is 0 Å². The van der Waals surface area contributed by atoms with Crippen LogP contribution in [0.5, 0.6) is 0 Å². The topological polar surface area (TPSA) is 30.0 Å². The lowest BCUT2D eigenvalue weighted by Gasteiger charge is -2.07. The maximum atomic E-state index is 13.2. The standard InChI is InChI=1S/C18H12FNO/c1-12(14-4-2-3-13(9-14)11-21)17-7-5-15-10-16(19)6-8-18(15)20-17/h2-11H,1H2. The van der Waals surface area contributed by atoms with Gasteiger partial charge < -0.3 is 0 Å². The van der Waals surface area contributed by atoms with Gasteiger partial charge in [0.1, 0.15) is 12.1 Å². The number of nitrogens with zero attached hydrogens (tertiary/aromatic N) is 1. The summed E-state index contributed by atoms with van der Waals surface area (Å²) >= 11 is 0. The maximum absolute atomic E-state index is 13.2. The molecule has 0 amide bonds. The molecule has 3 aromatic rings. The zero-order chi connectivity index (χ0) is 14.8. The van der Waals surface area contributed by atoms with Crippen LogP contribution in [0.4, 0.5) is 4.39 Å². The molecule has 0 radical (unpaired) electrons. The molecule has 0 aliphatic carbocycles. The lowest BCUT2D eigenvalue weighted by atomic mass is 10.0. The molecule has 0 aliphatic rings. The second-order valence-corrected chi connectivity index (χ2v) is 4.76. The van der Waals surface area contributed by atoms with Gasteiger partial charge in [-0.05, 0) is 35.9 Å². The first-order chi connectivity index (χ1) is 10.2. The van der Waals surface area contributed by atoms with Crippen molar-refractivity contribution in [1.29, 1.82) is 0 Å². The predicted octanol–water partition coefficient (Wildman–Crippen LogP) is 4.25. The van der Waals surface area contributed by atoms with E-state index in [9.17, 15) is 9.18 Å². The minimum atomic E-state index is -0.283. The predicted molar refractivity (Wildman–Crippen MR) is 81.7 cm³/mol. The molecule has 102 valence electrons. The van der Waals surface area contributed by atoms with Gasteiger partial charge in [0.15, 0.2) is 0 Å². The Balaban J connectivity index is 2.04. The number of rotatable bonds is 3. The number of halogens is 1. The molecule has 0 atom stereocenters. The fourth-order valence-electron chi connectivity index (χ4n) is 2.21. The van der Waals surface area contributed by atoms with Crippen molar-refractivity contribution in [2.75, 3.05) is 0 Å². The van der Waals surface area contributed by atoms with Crippen LogP contribution in [0.2, 0.25) is 0 Å². The number of carbonyl (C=O) groups excluding carboxylic acids is 1. The average molecular weight is 277 g/mol. The summed E-state index contributed by atoms with van der Waals surface area (Å²) < 4.78 is 13.2. The monoisotopic (exact) mass is 277 g/mol. The molecule has 0 fully saturated rings. The molecule has 0 saturated carbocycles. The minimum absolute atomic E-state index is 0.283. The van der Waals surface area contributed by atoms with Crippen LogP contribution in [-0.4, -0.2) is 11.3 Å². The molecule has 1 aromatic heterocycles. The third-order valence-electron chi connectivity index (χ3n) is 3.33. The summed E-state index contributed by atoms with van der Waals surface area (Å²) in [6, 6.07) is 15.3. The molecule has 2 nitrogen and oxygen atoms in total. The summed E-state index contributed by atoms with van der Waals surface area (Å²) in [7, 11) is 0. The number of pyridine rings is 1. The van der Waals surface area contributed by atoms with Crippen LogP contribution in [0.3, 0.4) is 0 Å². The molecular formula is C18H12FNO. The molecule has 1 heterocycles. The molecule has 0 bridgehead atoms. The van der Waals surface area contributed by atoms with Crippen molar-refractivity contribution in [1.82, 2.24) is 4.98 Å². The van der Waals surface area contributed by atoms with E-state index >= 15 is 0 Å². The van der Waals surface area contributed by atoms with Crippen molar-refractivity contribution in [3.05, 3.63) is 83.8 Å². The first kappa shape index (κ1) is 13.2. The molecule has 2 aromatic carbocycles. The average Bonchev–Trinajstić information content (AvgIpc) is 2.53. The summed E-state index contributed by atoms with van der Waals surface area (Å²) in [5.74, 6) is -0.283. The lowest BCUT2D eigenvalue weighted by molar-refractivity contribution is 0.112. The number of aldehydes is 1. The Morgan fingerprint density at radius 1 is 1.10 bits per heavy atom. The van der Waals surface area contributed by atoms with E-state index in [4.69, 9.17) is 0 Å². The van der Waals surface area contributed by atoms with Gasteiger partial charge in [-0.3, -0.25) is 4.79 Å². The summed E-state index contributed by atoms with van der Waals surface area (Å²) in [4.78, 5) is 15.3. The van der Waals surface area contributed by atoms with Gasteiger partial charge in [-0.2, -0.15) is 0 Å². The van der Waals surface area contributed by atoms with Crippen molar-refractivity contribution in [2.45, 2.75) is 0 Å². The highest BCUT2D eigenvalue weighted by atomic mass is 19.1. The molecule has 3 heteroatoms. The molecule has 0 unspecified atom stereocenters. The van der Waals surface area contributed by atoms with Crippen LogP contribution in [0, 0.1) is 5.82 Å². The van der Waals surface area contributed by atoms with Crippen LogP contribution in [-0.2, 0) is 0 Å². The number of aromatic nitrogens is 1. The van der Waals surface area contributed by atoms with Crippen molar-refractivity contribution < 1.29 is 9.18 Å². The van der Waals surface area contributed by atoms with Gasteiger partial charge in [0, 0.05) is 16.5 Å². The number of hydrogen-bond acceptors (Lipinski definition) is 2. The van der Waals surface area contributed by atoms with Gasteiger partial charge in [-0.15, -0.1) is 0 Å². The Kier molecular flexibility index (Phi) is 3.32. The van der Waals surface area contributed by atoms with Crippen molar-refractivity contribution in [2.24, 2.45) is 0 Å². The lowest BCUT2D eigenvalue weighted by Crippen LogP contribution is -1.93. The second kappa shape index (κ2) is 5.29. The first-order valence-corrected chi connectivity index (χ1v) is 6.48. The van der Waals surface area contributed by atoms with Crippen molar-refractivity contribution >= 4 is 22.8 Å². The molecule has 3 rings (SSSR count). The second-order valence-electron chi connectivity index (χ2n) is 4.76. The Morgan fingerprint density at radius 2 is 1.95 bits per heavy atom. The molecule has 0 N–H and O–H groups in total. The van der Waals surface area contributed by atoms with Gasteiger partial charge in [0.05, 0.1) is 11.2 Å².